The summed E-state index contributed by atoms with van der Waals surface area (Å²) >= 11 is 0. The maximum atomic E-state index is 3.71. The van der Waals surface area contributed by atoms with E-state index in [0.29, 0.717) is 11.1 Å². The van der Waals surface area contributed by atoms with Gasteiger partial charge in [-0.25, -0.2) is 0 Å². The minimum absolute atomic E-state index is 0.493. The Morgan fingerprint density at radius 3 is 2.12 bits per heavy atom. The van der Waals surface area contributed by atoms with Gasteiger partial charge in [0.2, 0.25) is 0 Å². The maximum absolute atomic E-state index is 3.71. The molecule has 4 bridgehead atoms. The van der Waals surface area contributed by atoms with Crippen molar-refractivity contribution in [1.82, 2.24) is 10.2 Å². The van der Waals surface area contributed by atoms with Gasteiger partial charge in [-0.3, -0.25) is 4.90 Å². The van der Waals surface area contributed by atoms with Crippen LogP contribution in [0.15, 0.2) is 0 Å². The van der Waals surface area contributed by atoms with E-state index in [2.05, 4.69) is 31.1 Å². The first-order valence-electron chi connectivity index (χ1n) is 7.59. The number of nitrogens with one attached hydrogen (secondary N) is 1. The third-order valence-corrected chi connectivity index (χ3v) is 5.99. The second-order valence-electron chi connectivity index (χ2n) is 6.89. The Labute approximate surface area is 106 Å². The molecule has 0 amide bonds. The van der Waals surface area contributed by atoms with Crippen molar-refractivity contribution in [3.8, 4) is 0 Å². The average molecular weight is 236 g/mol. The molecule has 2 unspecified atom stereocenters. The van der Waals surface area contributed by atoms with Crippen LogP contribution in [0.2, 0.25) is 0 Å². The lowest BCUT2D eigenvalue weighted by molar-refractivity contribution is -0.105. The fourth-order valence-electron chi connectivity index (χ4n) is 5.77. The van der Waals surface area contributed by atoms with Gasteiger partial charge in [-0.1, -0.05) is 13.8 Å². The summed E-state index contributed by atoms with van der Waals surface area (Å²) < 4.78 is 0. The number of nitrogens with zero attached hydrogens (tertiary/aromatic N) is 1. The molecule has 17 heavy (non-hydrogen) atoms. The van der Waals surface area contributed by atoms with Crippen LogP contribution in [0.25, 0.3) is 0 Å². The van der Waals surface area contributed by atoms with Gasteiger partial charge in [0.1, 0.15) is 0 Å². The normalized spacial score (nSPS) is 48.0. The molecule has 2 atom stereocenters. The molecule has 0 aliphatic heterocycles. The molecule has 0 aromatic heterocycles. The van der Waals surface area contributed by atoms with E-state index in [-0.39, 0.29) is 0 Å². The lowest BCUT2D eigenvalue weighted by Gasteiger charge is -2.65. The van der Waals surface area contributed by atoms with E-state index < -0.39 is 0 Å². The topological polar surface area (TPSA) is 15.3 Å². The summed E-state index contributed by atoms with van der Waals surface area (Å²) in [5.74, 6) is 2.01. The molecule has 4 aliphatic rings. The molecule has 4 saturated carbocycles. The predicted octanol–water partition coefficient (Wildman–Crippen LogP) is 2.64. The van der Waals surface area contributed by atoms with Crippen molar-refractivity contribution in [2.45, 2.75) is 63.5 Å². The zero-order chi connectivity index (χ0) is 12.1. The van der Waals surface area contributed by atoms with Crippen LogP contribution in [0.4, 0.5) is 0 Å². The van der Waals surface area contributed by atoms with Gasteiger partial charge in [-0.15, -0.1) is 0 Å². The van der Waals surface area contributed by atoms with Crippen LogP contribution in [-0.2, 0) is 0 Å². The van der Waals surface area contributed by atoms with Crippen molar-refractivity contribution in [2.75, 3.05) is 20.1 Å². The van der Waals surface area contributed by atoms with Crippen LogP contribution < -0.4 is 5.32 Å². The molecule has 4 aliphatic carbocycles. The molecule has 2 nitrogen and oxygen atoms in total. The molecule has 0 saturated heterocycles. The molecule has 1 N–H and O–H groups in total. The monoisotopic (exact) mass is 236 g/mol. The van der Waals surface area contributed by atoms with Crippen molar-refractivity contribution < 1.29 is 0 Å². The van der Waals surface area contributed by atoms with Crippen molar-refractivity contribution in [2.24, 2.45) is 11.8 Å². The minimum atomic E-state index is 0.493. The fourth-order valence-corrected chi connectivity index (χ4v) is 5.77. The Balaban J connectivity index is 1.91. The van der Waals surface area contributed by atoms with Crippen LogP contribution in [0.1, 0.15) is 52.4 Å². The highest BCUT2D eigenvalue weighted by Crippen LogP contribution is 2.59. The SMILES string of the molecule is CCN(CC)C12CC3CC(CC(NC)(C3)C1)C2. The van der Waals surface area contributed by atoms with Gasteiger partial charge < -0.3 is 5.32 Å². The molecular formula is C15H28N2. The van der Waals surface area contributed by atoms with Crippen molar-refractivity contribution >= 4 is 0 Å². The highest BCUT2D eigenvalue weighted by Gasteiger charge is 2.58. The zero-order valence-corrected chi connectivity index (χ0v) is 11.8. The molecule has 0 aromatic rings. The van der Waals surface area contributed by atoms with Crippen molar-refractivity contribution in [1.29, 1.82) is 0 Å². The maximum Gasteiger partial charge on any atom is 0.0232 e. The summed E-state index contributed by atoms with van der Waals surface area (Å²) in [5, 5.41) is 3.71. The van der Waals surface area contributed by atoms with E-state index in [9.17, 15) is 0 Å². The van der Waals surface area contributed by atoms with E-state index in [1.165, 1.54) is 51.6 Å². The highest BCUT2D eigenvalue weighted by atomic mass is 15.2. The molecule has 0 spiro atoms. The molecule has 0 radical (unpaired) electrons. The summed E-state index contributed by atoms with van der Waals surface area (Å²) in [6.45, 7) is 7.15. The number of hydrogen-bond donors (Lipinski definition) is 1. The summed E-state index contributed by atoms with van der Waals surface area (Å²) in [4.78, 5) is 2.77. The Morgan fingerprint density at radius 2 is 1.65 bits per heavy atom. The van der Waals surface area contributed by atoms with Crippen LogP contribution in [0.3, 0.4) is 0 Å². The Morgan fingerprint density at radius 1 is 1.06 bits per heavy atom. The summed E-state index contributed by atoms with van der Waals surface area (Å²) in [7, 11) is 2.20. The van der Waals surface area contributed by atoms with Gasteiger partial charge in [0, 0.05) is 11.1 Å². The lowest BCUT2D eigenvalue weighted by Crippen LogP contribution is -2.68. The van der Waals surface area contributed by atoms with E-state index in [4.69, 9.17) is 0 Å². The minimum Gasteiger partial charge on any atom is -0.314 e. The first-order chi connectivity index (χ1) is 8.15. The van der Waals surface area contributed by atoms with Crippen molar-refractivity contribution in [3.63, 3.8) is 0 Å². The second-order valence-corrected chi connectivity index (χ2v) is 6.89. The predicted molar refractivity (Wildman–Crippen MR) is 72.1 cm³/mol. The Hall–Kier alpha value is -0.0800. The van der Waals surface area contributed by atoms with Crippen molar-refractivity contribution in [3.05, 3.63) is 0 Å². The van der Waals surface area contributed by atoms with Crippen LogP contribution in [-0.4, -0.2) is 36.1 Å². The van der Waals surface area contributed by atoms with E-state index in [0.717, 1.165) is 11.8 Å². The largest absolute Gasteiger partial charge is 0.314 e. The lowest BCUT2D eigenvalue weighted by atomic mass is 9.49. The molecule has 98 valence electrons. The molecule has 4 fully saturated rings. The van der Waals surface area contributed by atoms with Gasteiger partial charge in [-0.2, -0.15) is 0 Å². The van der Waals surface area contributed by atoms with Crippen LogP contribution >= 0.6 is 0 Å². The Kier molecular flexibility index (Phi) is 2.79. The van der Waals surface area contributed by atoms with E-state index in [1.54, 1.807) is 0 Å². The summed E-state index contributed by atoms with van der Waals surface area (Å²) in [6.07, 6.45) is 8.78. The second kappa shape index (κ2) is 3.96. The van der Waals surface area contributed by atoms with Gasteiger partial charge in [-0.05, 0) is 70.5 Å². The van der Waals surface area contributed by atoms with Gasteiger partial charge in [0.05, 0.1) is 0 Å². The molecule has 0 heterocycles. The fraction of sp³-hybridized carbons (Fsp3) is 1.00. The quantitative estimate of drug-likeness (QED) is 0.807. The zero-order valence-electron chi connectivity index (χ0n) is 11.8. The van der Waals surface area contributed by atoms with Gasteiger partial charge in [0.15, 0.2) is 0 Å². The molecule has 0 aromatic carbocycles. The van der Waals surface area contributed by atoms with Gasteiger partial charge in [0.25, 0.3) is 0 Å². The van der Waals surface area contributed by atoms with Crippen LogP contribution in [0, 0.1) is 11.8 Å². The third kappa shape index (κ3) is 1.67. The Bertz CT molecular complexity index is 281. The average Bonchev–Trinajstić information content (AvgIpc) is 2.28. The summed E-state index contributed by atoms with van der Waals surface area (Å²) in [5.41, 5.74) is 1.04. The van der Waals surface area contributed by atoms with Crippen LogP contribution in [0.5, 0.6) is 0 Å². The first kappa shape index (κ1) is 12.0. The standard InChI is InChI=1S/C15H28N2/c1-4-17(5-2)15-9-12-6-13(10-15)8-14(7-12,11-15)16-3/h12-13,16H,4-11H2,1-3H3. The van der Waals surface area contributed by atoms with E-state index in [1.807, 2.05) is 0 Å². The van der Waals surface area contributed by atoms with E-state index >= 15 is 0 Å². The molecule has 2 heteroatoms. The number of rotatable bonds is 4. The molecule has 4 rings (SSSR count). The highest BCUT2D eigenvalue weighted by molar-refractivity contribution is 5.15. The summed E-state index contributed by atoms with van der Waals surface area (Å²) in [6, 6.07) is 0. The smallest absolute Gasteiger partial charge is 0.0232 e. The number of hydrogen-bond acceptors (Lipinski definition) is 2. The molecular weight excluding hydrogens is 208 g/mol. The third-order valence-electron chi connectivity index (χ3n) is 5.99. The first-order valence-corrected chi connectivity index (χ1v) is 7.59. The van der Waals surface area contributed by atoms with Gasteiger partial charge >= 0.3 is 0 Å².